The zero-order chi connectivity index (χ0) is 12.1. The highest BCUT2D eigenvalue weighted by molar-refractivity contribution is 5.94. The molecule has 2 rings (SSSR count). The molecular weight excluding hydrogens is 216 g/mol. The third kappa shape index (κ3) is 2.84. The number of carbonyl (C=O) groups excluding carboxylic acids is 1. The van der Waals surface area contributed by atoms with Crippen LogP contribution in [0.4, 0.5) is 5.69 Å². The Morgan fingerprint density at radius 3 is 2.65 bits per heavy atom. The molecule has 0 aliphatic heterocycles. The highest BCUT2D eigenvalue weighted by Crippen LogP contribution is 2.10. The van der Waals surface area contributed by atoms with Crippen molar-refractivity contribution in [3.8, 4) is 0 Å². The first-order valence-corrected chi connectivity index (χ1v) is 5.34. The molecule has 2 aromatic rings. The first-order chi connectivity index (χ1) is 8.29. The summed E-state index contributed by atoms with van der Waals surface area (Å²) >= 11 is 0. The highest BCUT2D eigenvalue weighted by atomic mass is 16.1. The van der Waals surface area contributed by atoms with E-state index in [2.05, 4.69) is 20.8 Å². The Kier molecular flexibility index (Phi) is 3.40. The number of amides is 1. The van der Waals surface area contributed by atoms with Gasteiger partial charge in [0.25, 0.3) is 5.91 Å². The normalized spacial score (nSPS) is 9.94. The highest BCUT2D eigenvalue weighted by Gasteiger charge is 2.01. The number of hydrogen-bond donors (Lipinski definition) is 3. The maximum atomic E-state index is 11.3. The second-order valence-electron chi connectivity index (χ2n) is 3.59. The number of rotatable bonds is 4. The summed E-state index contributed by atoms with van der Waals surface area (Å²) in [4.78, 5) is 11.3. The number of H-pyrrole nitrogens is 1. The second-order valence-corrected chi connectivity index (χ2v) is 3.59. The first kappa shape index (κ1) is 11.2. The van der Waals surface area contributed by atoms with E-state index in [0.29, 0.717) is 12.1 Å². The van der Waals surface area contributed by atoms with Crippen LogP contribution in [0.3, 0.4) is 0 Å². The van der Waals surface area contributed by atoms with Crippen LogP contribution in [0.15, 0.2) is 36.5 Å². The van der Waals surface area contributed by atoms with Crippen molar-refractivity contribution in [2.24, 2.45) is 0 Å². The molecule has 3 N–H and O–H groups in total. The van der Waals surface area contributed by atoms with Gasteiger partial charge in [0.1, 0.15) is 0 Å². The zero-order valence-electron chi connectivity index (χ0n) is 9.53. The number of benzene rings is 1. The fourth-order valence-electron chi connectivity index (χ4n) is 1.46. The molecule has 5 heteroatoms. The Hall–Kier alpha value is -2.30. The van der Waals surface area contributed by atoms with Crippen LogP contribution in [0.25, 0.3) is 0 Å². The van der Waals surface area contributed by atoms with Crippen molar-refractivity contribution in [1.82, 2.24) is 15.5 Å². The van der Waals surface area contributed by atoms with Gasteiger partial charge in [-0.15, -0.1) is 0 Å². The molecule has 0 saturated heterocycles. The average Bonchev–Trinajstić information content (AvgIpc) is 2.89. The molecule has 0 saturated carbocycles. The molecule has 0 unspecified atom stereocenters. The summed E-state index contributed by atoms with van der Waals surface area (Å²) in [7, 11) is 1.62. The molecule has 0 bridgehead atoms. The summed E-state index contributed by atoms with van der Waals surface area (Å²) in [5.74, 6) is -0.0786. The van der Waals surface area contributed by atoms with Crippen LogP contribution in [-0.2, 0) is 6.54 Å². The number of aromatic amines is 1. The van der Waals surface area contributed by atoms with Crippen molar-refractivity contribution < 1.29 is 4.79 Å². The van der Waals surface area contributed by atoms with Crippen molar-refractivity contribution in [2.45, 2.75) is 6.54 Å². The number of nitrogens with one attached hydrogen (secondary N) is 3. The lowest BCUT2D eigenvalue weighted by molar-refractivity contribution is 0.0963. The van der Waals surface area contributed by atoms with E-state index in [9.17, 15) is 4.79 Å². The second kappa shape index (κ2) is 5.16. The number of carbonyl (C=O) groups is 1. The van der Waals surface area contributed by atoms with E-state index >= 15 is 0 Å². The van der Waals surface area contributed by atoms with Crippen molar-refractivity contribution in [1.29, 1.82) is 0 Å². The van der Waals surface area contributed by atoms with Crippen molar-refractivity contribution in [3.63, 3.8) is 0 Å². The molecule has 17 heavy (non-hydrogen) atoms. The van der Waals surface area contributed by atoms with Gasteiger partial charge >= 0.3 is 0 Å². The lowest BCUT2D eigenvalue weighted by Gasteiger charge is -2.05. The Labute approximate surface area is 99.2 Å². The SMILES string of the molecule is CNC(=O)c1ccc(NCc2ccn[nH]2)cc1. The number of aromatic nitrogens is 2. The predicted molar refractivity (Wildman–Crippen MR) is 65.7 cm³/mol. The Bertz CT molecular complexity index is 476. The van der Waals surface area contributed by atoms with Crippen LogP contribution >= 0.6 is 0 Å². The van der Waals surface area contributed by atoms with Crippen LogP contribution < -0.4 is 10.6 Å². The van der Waals surface area contributed by atoms with Gasteiger partial charge in [-0.3, -0.25) is 9.89 Å². The van der Waals surface area contributed by atoms with Gasteiger partial charge in [-0.1, -0.05) is 0 Å². The average molecular weight is 230 g/mol. The largest absolute Gasteiger partial charge is 0.379 e. The minimum atomic E-state index is -0.0786. The number of nitrogens with zero attached hydrogens (tertiary/aromatic N) is 1. The zero-order valence-corrected chi connectivity index (χ0v) is 9.53. The topological polar surface area (TPSA) is 69.8 Å². The van der Waals surface area contributed by atoms with E-state index in [-0.39, 0.29) is 5.91 Å². The summed E-state index contributed by atoms with van der Waals surface area (Å²) in [6.45, 7) is 0.680. The molecule has 1 heterocycles. The Morgan fingerprint density at radius 1 is 1.29 bits per heavy atom. The van der Waals surface area contributed by atoms with Crippen molar-refractivity contribution in [3.05, 3.63) is 47.8 Å². The van der Waals surface area contributed by atoms with Crippen LogP contribution in [0.2, 0.25) is 0 Å². The minimum absolute atomic E-state index is 0.0786. The summed E-state index contributed by atoms with van der Waals surface area (Å²) in [5.41, 5.74) is 2.63. The van der Waals surface area contributed by atoms with Gasteiger partial charge in [-0.2, -0.15) is 5.10 Å². The molecule has 0 radical (unpaired) electrons. The number of anilines is 1. The van der Waals surface area contributed by atoms with Gasteiger partial charge in [-0.05, 0) is 30.3 Å². The van der Waals surface area contributed by atoms with E-state index in [4.69, 9.17) is 0 Å². The van der Waals surface area contributed by atoms with Crippen LogP contribution in [0, 0.1) is 0 Å². The molecule has 1 aromatic carbocycles. The maximum Gasteiger partial charge on any atom is 0.251 e. The molecule has 0 fully saturated rings. The fraction of sp³-hybridized carbons (Fsp3) is 0.167. The smallest absolute Gasteiger partial charge is 0.251 e. The molecule has 0 atom stereocenters. The van der Waals surface area contributed by atoms with Crippen LogP contribution in [0.5, 0.6) is 0 Å². The lowest BCUT2D eigenvalue weighted by atomic mass is 10.2. The summed E-state index contributed by atoms with van der Waals surface area (Å²) in [6.07, 6.45) is 1.71. The third-order valence-electron chi connectivity index (χ3n) is 2.42. The summed E-state index contributed by atoms with van der Waals surface area (Å²) < 4.78 is 0. The van der Waals surface area contributed by atoms with Crippen LogP contribution in [0.1, 0.15) is 16.1 Å². The van der Waals surface area contributed by atoms with E-state index in [0.717, 1.165) is 11.4 Å². The van der Waals surface area contributed by atoms with Gasteiger partial charge in [0.15, 0.2) is 0 Å². The molecule has 1 aromatic heterocycles. The molecule has 5 nitrogen and oxygen atoms in total. The van der Waals surface area contributed by atoms with E-state index in [1.54, 1.807) is 25.4 Å². The van der Waals surface area contributed by atoms with E-state index in [1.165, 1.54) is 0 Å². The molecular formula is C12H14N4O. The van der Waals surface area contributed by atoms with Crippen molar-refractivity contribution >= 4 is 11.6 Å². The van der Waals surface area contributed by atoms with Gasteiger partial charge in [0, 0.05) is 24.5 Å². The van der Waals surface area contributed by atoms with Crippen LogP contribution in [-0.4, -0.2) is 23.2 Å². The summed E-state index contributed by atoms with van der Waals surface area (Å²) in [5, 5.41) is 12.5. The molecule has 0 aliphatic carbocycles. The van der Waals surface area contributed by atoms with Gasteiger partial charge in [0.2, 0.25) is 0 Å². The molecule has 0 spiro atoms. The first-order valence-electron chi connectivity index (χ1n) is 5.34. The standard InChI is InChI=1S/C12H14N4O/c1-13-12(17)9-2-4-10(5-3-9)14-8-11-6-7-15-16-11/h2-7,14H,8H2,1H3,(H,13,17)(H,15,16). The van der Waals surface area contributed by atoms with Gasteiger partial charge in [-0.25, -0.2) is 0 Å². The number of hydrogen-bond acceptors (Lipinski definition) is 3. The predicted octanol–water partition coefficient (Wildman–Crippen LogP) is 1.38. The van der Waals surface area contributed by atoms with E-state index in [1.807, 2.05) is 18.2 Å². The lowest BCUT2D eigenvalue weighted by Crippen LogP contribution is -2.17. The van der Waals surface area contributed by atoms with Gasteiger partial charge in [0.05, 0.1) is 12.2 Å². The molecule has 1 amide bonds. The maximum absolute atomic E-state index is 11.3. The summed E-state index contributed by atoms with van der Waals surface area (Å²) in [6, 6.07) is 9.23. The quantitative estimate of drug-likeness (QED) is 0.743. The molecule has 0 aliphatic rings. The van der Waals surface area contributed by atoms with Crippen molar-refractivity contribution in [2.75, 3.05) is 12.4 Å². The fourth-order valence-corrected chi connectivity index (χ4v) is 1.46. The van der Waals surface area contributed by atoms with E-state index < -0.39 is 0 Å². The van der Waals surface area contributed by atoms with Gasteiger partial charge < -0.3 is 10.6 Å². The third-order valence-corrected chi connectivity index (χ3v) is 2.42. The Morgan fingerprint density at radius 2 is 2.06 bits per heavy atom. The minimum Gasteiger partial charge on any atom is -0.379 e. The monoisotopic (exact) mass is 230 g/mol. The Balaban J connectivity index is 1.96. The molecule has 88 valence electrons.